The summed E-state index contributed by atoms with van der Waals surface area (Å²) in [6.07, 6.45) is 10.0. The summed E-state index contributed by atoms with van der Waals surface area (Å²) in [7, 11) is 1.89. The number of anilines is 1. The molecule has 120 valence electrons. The van der Waals surface area contributed by atoms with E-state index in [1.165, 1.54) is 5.56 Å². The monoisotopic (exact) mass is 311 g/mol. The van der Waals surface area contributed by atoms with Gasteiger partial charge in [0.25, 0.3) is 0 Å². The molecule has 2 fully saturated rings. The Morgan fingerprint density at radius 2 is 2.04 bits per heavy atom. The molecule has 1 amide bonds. The van der Waals surface area contributed by atoms with Crippen LogP contribution in [-0.4, -0.2) is 44.2 Å². The largest absolute Gasteiger partial charge is 0.305 e. The van der Waals surface area contributed by atoms with E-state index in [1.54, 1.807) is 10.9 Å². The van der Waals surface area contributed by atoms with Crippen LogP contribution in [0.2, 0.25) is 0 Å². The molecule has 6 nitrogen and oxygen atoms in total. The molecule has 0 aliphatic carbocycles. The van der Waals surface area contributed by atoms with E-state index >= 15 is 0 Å². The SMILES string of the molecule is Cn1cc(N2C(=O)CC[C@@H]3[C@H]2CCN3Cc2ccncc2)cn1. The number of hydrogen-bond donors (Lipinski definition) is 0. The van der Waals surface area contributed by atoms with Crippen LogP contribution < -0.4 is 4.90 Å². The summed E-state index contributed by atoms with van der Waals surface area (Å²) in [5.41, 5.74) is 2.21. The molecular formula is C17H21N5O. The molecule has 4 heterocycles. The Kier molecular flexibility index (Phi) is 3.61. The highest BCUT2D eigenvalue weighted by atomic mass is 16.2. The normalized spacial score (nSPS) is 24.9. The highest BCUT2D eigenvalue weighted by molar-refractivity contribution is 5.94. The number of aryl methyl sites for hydroxylation is 1. The number of likely N-dealkylation sites (tertiary alicyclic amines) is 1. The van der Waals surface area contributed by atoms with Crippen molar-refractivity contribution >= 4 is 11.6 Å². The summed E-state index contributed by atoms with van der Waals surface area (Å²) in [5.74, 6) is 0.227. The third-order valence-electron chi connectivity index (χ3n) is 4.98. The van der Waals surface area contributed by atoms with Gasteiger partial charge in [-0.3, -0.25) is 19.4 Å². The van der Waals surface area contributed by atoms with Crippen molar-refractivity contribution in [2.45, 2.75) is 37.9 Å². The van der Waals surface area contributed by atoms with Gasteiger partial charge in [0.1, 0.15) is 0 Å². The van der Waals surface area contributed by atoms with Crippen LogP contribution in [0.25, 0.3) is 0 Å². The number of piperidine rings is 1. The van der Waals surface area contributed by atoms with Crippen molar-refractivity contribution in [3.8, 4) is 0 Å². The van der Waals surface area contributed by atoms with Gasteiger partial charge in [-0.1, -0.05) is 0 Å². The molecule has 2 aliphatic heterocycles. The summed E-state index contributed by atoms with van der Waals surface area (Å²) in [5, 5.41) is 4.23. The van der Waals surface area contributed by atoms with Gasteiger partial charge >= 0.3 is 0 Å². The lowest BCUT2D eigenvalue weighted by atomic mass is 9.95. The van der Waals surface area contributed by atoms with E-state index in [2.05, 4.69) is 27.1 Å². The lowest BCUT2D eigenvalue weighted by molar-refractivity contribution is -0.120. The van der Waals surface area contributed by atoms with Crippen LogP contribution in [-0.2, 0) is 18.4 Å². The van der Waals surface area contributed by atoms with Crippen LogP contribution in [0, 0.1) is 0 Å². The highest BCUT2D eigenvalue weighted by Gasteiger charge is 2.43. The number of fused-ring (bicyclic) bond motifs is 1. The van der Waals surface area contributed by atoms with Crippen LogP contribution in [0.15, 0.2) is 36.9 Å². The van der Waals surface area contributed by atoms with Crippen LogP contribution in [0.4, 0.5) is 5.69 Å². The number of rotatable bonds is 3. The second-order valence-electron chi connectivity index (χ2n) is 6.42. The van der Waals surface area contributed by atoms with Crippen LogP contribution in [0.5, 0.6) is 0 Å². The van der Waals surface area contributed by atoms with Crippen LogP contribution in [0.1, 0.15) is 24.8 Å². The second-order valence-corrected chi connectivity index (χ2v) is 6.42. The summed E-state index contributed by atoms with van der Waals surface area (Å²) < 4.78 is 1.76. The fourth-order valence-corrected chi connectivity index (χ4v) is 3.94. The first kappa shape index (κ1) is 14.4. The maximum Gasteiger partial charge on any atom is 0.227 e. The standard InChI is InChI=1S/C17H21N5O/c1-20-12-14(10-19-20)22-16-6-9-21(15(16)2-3-17(22)23)11-13-4-7-18-8-5-13/h4-5,7-8,10,12,15-16H,2-3,6,9,11H2,1H3/t15-,16-/m1/s1. The number of pyridine rings is 1. The Bertz CT molecular complexity index is 698. The van der Waals surface area contributed by atoms with Gasteiger partial charge in [-0.05, 0) is 30.5 Å². The van der Waals surface area contributed by atoms with Crippen LogP contribution in [0.3, 0.4) is 0 Å². The molecule has 4 rings (SSSR count). The van der Waals surface area contributed by atoms with E-state index in [-0.39, 0.29) is 11.9 Å². The summed E-state index contributed by atoms with van der Waals surface area (Å²) in [4.78, 5) is 21.0. The molecule has 0 bridgehead atoms. The summed E-state index contributed by atoms with van der Waals surface area (Å²) >= 11 is 0. The van der Waals surface area contributed by atoms with E-state index in [0.717, 1.165) is 31.6 Å². The number of hydrogen-bond acceptors (Lipinski definition) is 4. The van der Waals surface area contributed by atoms with Crippen molar-refractivity contribution < 1.29 is 4.79 Å². The summed E-state index contributed by atoms with van der Waals surface area (Å²) in [6.45, 7) is 1.96. The molecule has 0 radical (unpaired) electrons. The smallest absolute Gasteiger partial charge is 0.227 e. The predicted molar refractivity (Wildman–Crippen MR) is 86.8 cm³/mol. The van der Waals surface area contributed by atoms with Crippen molar-refractivity contribution in [3.63, 3.8) is 0 Å². The molecule has 0 N–H and O–H groups in total. The minimum absolute atomic E-state index is 0.227. The Hall–Kier alpha value is -2.21. The Morgan fingerprint density at radius 1 is 1.22 bits per heavy atom. The Balaban J connectivity index is 1.55. The molecule has 2 aromatic rings. The van der Waals surface area contributed by atoms with Gasteiger partial charge in [-0.2, -0.15) is 5.10 Å². The quantitative estimate of drug-likeness (QED) is 0.864. The topological polar surface area (TPSA) is 54.3 Å². The van der Waals surface area contributed by atoms with Crippen molar-refractivity contribution in [2.24, 2.45) is 7.05 Å². The van der Waals surface area contributed by atoms with Crippen molar-refractivity contribution in [1.82, 2.24) is 19.7 Å². The third kappa shape index (κ3) is 2.63. The Morgan fingerprint density at radius 3 is 2.78 bits per heavy atom. The molecule has 0 aromatic carbocycles. The fourth-order valence-electron chi connectivity index (χ4n) is 3.94. The maximum absolute atomic E-state index is 12.5. The van der Waals surface area contributed by atoms with Gasteiger partial charge in [-0.25, -0.2) is 0 Å². The highest BCUT2D eigenvalue weighted by Crippen LogP contribution is 2.35. The zero-order valence-corrected chi connectivity index (χ0v) is 13.3. The molecule has 2 atom stereocenters. The van der Waals surface area contributed by atoms with Gasteiger partial charge in [0.15, 0.2) is 0 Å². The summed E-state index contributed by atoms with van der Waals surface area (Å²) in [6, 6.07) is 4.84. The molecule has 23 heavy (non-hydrogen) atoms. The van der Waals surface area contributed by atoms with E-state index in [9.17, 15) is 4.79 Å². The van der Waals surface area contributed by atoms with E-state index in [1.807, 2.05) is 30.5 Å². The maximum atomic E-state index is 12.5. The predicted octanol–water partition coefficient (Wildman–Crippen LogP) is 1.58. The number of carbonyl (C=O) groups is 1. The molecule has 2 aromatic heterocycles. The average Bonchev–Trinajstić information content (AvgIpc) is 3.15. The molecule has 6 heteroatoms. The van der Waals surface area contributed by atoms with Gasteiger partial charge in [-0.15, -0.1) is 0 Å². The first-order chi connectivity index (χ1) is 11.2. The number of aromatic nitrogens is 3. The first-order valence-electron chi connectivity index (χ1n) is 8.16. The number of amides is 1. The third-order valence-corrected chi connectivity index (χ3v) is 4.98. The van der Waals surface area contributed by atoms with E-state index in [0.29, 0.717) is 12.5 Å². The average molecular weight is 311 g/mol. The minimum atomic E-state index is 0.227. The van der Waals surface area contributed by atoms with E-state index < -0.39 is 0 Å². The van der Waals surface area contributed by atoms with Crippen molar-refractivity contribution in [2.75, 3.05) is 11.4 Å². The van der Waals surface area contributed by atoms with Crippen molar-refractivity contribution in [1.29, 1.82) is 0 Å². The number of carbonyl (C=O) groups excluding carboxylic acids is 1. The zero-order chi connectivity index (χ0) is 15.8. The second kappa shape index (κ2) is 5.77. The lowest BCUT2D eigenvalue weighted by Crippen LogP contribution is -2.52. The molecule has 0 spiro atoms. The van der Waals surface area contributed by atoms with E-state index in [4.69, 9.17) is 0 Å². The molecule has 0 unspecified atom stereocenters. The molecule has 0 saturated carbocycles. The Labute approximate surface area is 135 Å². The minimum Gasteiger partial charge on any atom is -0.305 e. The van der Waals surface area contributed by atoms with Crippen LogP contribution >= 0.6 is 0 Å². The van der Waals surface area contributed by atoms with Gasteiger partial charge < -0.3 is 4.90 Å². The number of nitrogens with zero attached hydrogens (tertiary/aromatic N) is 5. The van der Waals surface area contributed by atoms with Gasteiger partial charge in [0.2, 0.25) is 5.91 Å². The van der Waals surface area contributed by atoms with Gasteiger partial charge in [0, 0.05) is 51.2 Å². The zero-order valence-electron chi connectivity index (χ0n) is 13.3. The fraction of sp³-hybridized carbons (Fsp3) is 0.471. The van der Waals surface area contributed by atoms with Gasteiger partial charge in [0.05, 0.1) is 17.9 Å². The van der Waals surface area contributed by atoms with Crippen molar-refractivity contribution in [3.05, 3.63) is 42.5 Å². The molecular weight excluding hydrogens is 290 g/mol. The lowest BCUT2D eigenvalue weighted by Gasteiger charge is -2.39. The molecule has 2 saturated heterocycles. The molecule has 2 aliphatic rings. The first-order valence-corrected chi connectivity index (χ1v) is 8.16.